The zero-order chi connectivity index (χ0) is 14.2. The molecule has 0 radical (unpaired) electrons. The molecule has 0 saturated carbocycles. The molecule has 0 aliphatic carbocycles. The molecule has 20 heavy (non-hydrogen) atoms. The van der Waals surface area contributed by atoms with Gasteiger partial charge in [-0.25, -0.2) is 4.98 Å². The number of amides is 1. The Morgan fingerprint density at radius 3 is 3.00 bits per heavy atom. The normalized spacial score (nSPS) is 15.2. The first-order valence-corrected chi connectivity index (χ1v) is 6.86. The summed E-state index contributed by atoms with van der Waals surface area (Å²) in [6.45, 7) is 3.98. The lowest BCUT2D eigenvalue weighted by molar-refractivity contribution is -0.135. The van der Waals surface area contributed by atoms with Crippen LogP contribution in [-0.2, 0) is 16.1 Å². The van der Waals surface area contributed by atoms with Crippen LogP contribution in [0.1, 0.15) is 12.1 Å². The number of methoxy groups -OCH3 is 1. The predicted molar refractivity (Wildman–Crippen MR) is 74.5 cm³/mol. The van der Waals surface area contributed by atoms with Crippen LogP contribution in [0.5, 0.6) is 5.88 Å². The highest BCUT2D eigenvalue weighted by Gasteiger charge is 2.15. The highest BCUT2D eigenvalue weighted by atomic mass is 16.5. The number of pyridine rings is 1. The van der Waals surface area contributed by atoms with E-state index in [-0.39, 0.29) is 5.91 Å². The Morgan fingerprint density at radius 2 is 2.25 bits per heavy atom. The molecule has 2 rings (SSSR count). The smallest absolute Gasteiger partial charge is 0.224 e. The van der Waals surface area contributed by atoms with Crippen LogP contribution in [0.15, 0.2) is 18.2 Å². The lowest BCUT2D eigenvalue weighted by Crippen LogP contribution is -2.41. The fraction of sp³-hybridized carbons (Fsp3) is 0.571. The molecule has 1 N–H and O–H groups in total. The minimum atomic E-state index is 0.180. The molecule has 6 nitrogen and oxygen atoms in total. The second kappa shape index (κ2) is 7.81. The summed E-state index contributed by atoms with van der Waals surface area (Å²) >= 11 is 0. The number of nitrogens with zero attached hydrogens (tertiary/aromatic N) is 2. The van der Waals surface area contributed by atoms with Crippen LogP contribution < -0.4 is 10.1 Å². The van der Waals surface area contributed by atoms with Crippen molar-refractivity contribution in [2.75, 3.05) is 40.0 Å². The zero-order valence-corrected chi connectivity index (χ0v) is 11.8. The molecular formula is C14H21N3O3. The Morgan fingerprint density at radius 1 is 1.45 bits per heavy atom. The van der Waals surface area contributed by atoms with Crippen molar-refractivity contribution in [3.63, 3.8) is 0 Å². The van der Waals surface area contributed by atoms with E-state index in [2.05, 4.69) is 10.3 Å². The standard InChI is InChI=1S/C14H21N3O3/c1-19-13-4-2-3-12(16-13)11-15-6-5-14(18)17-7-9-20-10-8-17/h2-4,15H,5-11H2,1H3. The summed E-state index contributed by atoms with van der Waals surface area (Å²) in [5, 5.41) is 3.23. The number of aromatic nitrogens is 1. The second-order valence-electron chi connectivity index (χ2n) is 4.59. The van der Waals surface area contributed by atoms with Gasteiger partial charge >= 0.3 is 0 Å². The van der Waals surface area contributed by atoms with E-state index in [1.807, 2.05) is 23.1 Å². The van der Waals surface area contributed by atoms with Crippen molar-refractivity contribution in [1.82, 2.24) is 15.2 Å². The number of carbonyl (C=O) groups excluding carboxylic acids is 1. The van der Waals surface area contributed by atoms with Gasteiger partial charge in [0.2, 0.25) is 11.8 Å². The molecule has 1 aromatic heterocycles. The summed E-state index contributed by atoms with van der Waals surface area (Å²) in [5.41, 5.74) is 0.906. The molecule has 1 fully saturated rings. The Kier molecular flexibility index (Phi) is 5.76. The van der Waals surface area contributed by atoms with Crippen molar-refractivity contribution in [2.24, 2.45) is 0 Å². The van der Waals surface area contributed by atoms with Crippen molar-refractivity contribution >= 4 is 5.91 Å². The summed E-state index contributed by atoms with van der Waals surface area (Å²) in [4.78, 5) is 18.1. The maximum Gasteiger partial charge on any atom is 0.224 e. The van der Waals surface area contributed by atoms with Gasteiger partial charge in [-0.05, 0) is 6.07 Å². The number of hydrogen-bond donors (Lipinski definition) is 1. The Labute approximate surface area is 119 Å². The molecule has 1 aromatic rings. The van der Waals surface area contributed by atoms with Crippen molar-refractivity contribution in [2.45, 2.75) is 13.0 Å². The van der Waals surface area contributed by atoms with Gasteiger partial charge in [-0.3, -0.25) is 4.79 Å². The Balaban J connectivity index is 1.66. The third-order valence-electron chi connectivity index (χ3n) is 3.18. The quantitative estimate of drug-likeness (QED) is 0.765. The average molecular weight is 279 g/mol. The molecular weight excluding hydrogens is 258 g/mol. The van der Waals surface area contributed by atoms with E-state index in [1.165, 1.54) is 0 Å². The molecule has 110 valence electrons. The highest BCUT2D eigenvalue weighted by molar-refractivity contribution is 5.76. The van der Waals surface area contributed by atoms with E-state index in [4.69, 9.17) is 9.47 Å². The summed E-state index contributed by atoms with van der Waals surface area (Å²) < 4.78 is 10.3. The first-order chi connectivity index (χ1) is 9.79. The predicted octanol–water partition coefficient (Wildman–Crippen LogP) is 0.429. The van der Waals surface area contributed by atoms with E-state index in [1.54, 1.807) is 7.11 Å². The second-order valence-corrected chi connectivity index (χ2v) is 4.59. The third-order valence-corrected chi connectivity index (χ3v) is 3.18. The first kappa shape index (κ1) is 14.7. The van der Waals surface area contributed by atoms with Gasteiger partial charge in [-0.2, -0.15) is 0 Å². The molecule has 1 saturated heterocycles. The minimum absolute atomic E-state index is 0.180. The highest BCUT2D eigenvalue weighted by Crippen LogP contribution is 2.06. The average Bonchev–Trinajstić information content (AvgIpc) is 2.52. The van der Waals surface area contributed by atoms with Crippen LogP contribution >= 0.6 is 0 Å². The van der Waals surface area contributed by atoms with Crippen LogP contribution in [0.4, 0.5) is 0 Å². The lowest BCUT2D eigenvalue weighted by Gasteiger charge is -2.26. The largest absolute Gasteiger partial charge is 0.481 e. The van der Waals surface area contributed by atoms with Gasteiger partial charge in [0.25, 0.3) is 0 Å². The van der Waals surface area contributed by atoms with Gasteiger partial charge in [0.05, 0.1) is 26.0 Å². The fourth-order valence-electron chi connectivity index (χ4n) is 2.05. The molecule has 1 aliphatic rings. The molecule has 0 aromatic carbocycles. The number of carbonyl (C=O) groups is 1. The zero-order valence-electron chi connectivity index (χ0n) is 11.8. The number of hydrogen-bond acceptors (Lipinski definition) is 5. The number of nitrogens with one attached hydrogen (secondary N) is 1. The van der Waals surface area contributed by atoms with Crippen LogP contribution in [0, 0.1) is 0 Å². The number of rotatable bonds is 6. The van der Waals surface area contributed by atoms with Gasteiger partial charge in [0.15, 0.2) is 0 Å². The van der Waals surface area contributed by atoms with E-state index >= 15 is 0 Å². The van der Waals surface area contributed by atoms with Gasteiger partial charge in [-0.1, -0.05) is 6.07 Å². The molecule has 2 heterocycles. The van der Waals surface area contributed by atoms with Crippen molar-refractivity contribution < 1.29 is 14.3 Å². The molecule has 0 bridgehead atoms. The summed E-state index contributed by atoms with van der Waals surface area (Å²) in [6.07, 6.45) is 0.504. The summed E-state index contributed by atoms with van der Waals surface area (Å²) in [6, 6.07) is 5.65. The van der Waals surface area contributed by atoms with Crippen molar-refractivity contribution in [3.05, 3.63) is 23.9 Å². The van der Waals surface area contributed by atoms with Gasteiger partial charge in [0.1, 0.15) is 0 Å². The molecule has 0 spiro atoms. The maximum atomic E-state index is 11.9. The molecule has 0 atom stereocenters. The van der Waals surface area contributed by atoms with Crippen LogP contribution in [0.2, 0.25) is 0 Å². The van der Waals surface area contributed by atoms with Gasteiger partial charge < -0.3 is 19.7 Å². The van der Waals surface area contributed by atoms with E-state index in [0.29, 0.717) is 51.7 Å². The molecule has 1 aliphatic heterocycles. The molecule has 0 unspecified atom stereocenters. The Hall–Kier alpha value is -1.66. The van der Waals surface area contributed by atoms with Crippen LogP contribution in [-0.4, -0.2) is 55.7 Å². The van der Waals surface area contributed by atoms with E-state index in [0.717, 1.165) is 5.69 Å². The van der Waals surface area contributed by atoms with Crippen LogP contribution in [0.25, 0.3) is 0 Å². The lowest BCUT2D eigenvalue weighted by atomic mass is 10.3. The maximum absolute atomic E-state index is 11.9. The molecule has 1 amide bonds. The molecule has 6 heteroatoms. The summed E-state index contributed by atoms with van der Waals surface area (Å²) in [5.74, 6) is 0.785. The summed E-state index contributed by atoms with van der Waals surface area (Å²) in [7, 11) is 1.60. The number of ether oxygens (including phenoxy) is 2. The van der Waals surface area contributed by atoms with Crippen molar-refractivity contribution in [3.8, 4) is 5.88 Å². The topological polar surface area (TPSA) is 63.7 Å². The SMILES string of the molecule is COc1cccc(CNCCC(=O)N2CCOCC2)n1. The Bertz CT molecular complexity index is 433. The number of morpholine rings is 1. The van der Waals surface area contributed by atoms with E-state index in [9.17, 15) is 4.79 Å². The monoisotopic (exact) mass is 279 g/mol. The van der Waals surface area contributed by atoms with Gasteiger partial charge in [-0.15, -0.1) is 0 Å². The fourth-order valence-corrected chi connectivity index (χ4v) is 2.05. The minimum Gasteiger partial charge on any atom is -0.481 e. The third kappa shape index (κ3) is 4.47. The van der Waals surface area contributed by atoms with Crippen molar-refractivity contribution in [1.29, 1.82) is 0 Å². The van der Waals surface area contributed by atoms with Gasteiger partial charge in [0, 0.05) is 38.7 Å². The first-order valence-electron chi connectivity index (χ1n) is 6.86. The van der Waals surface area contributed by atoms with E-state index < -0.39 is 0 Å². The van der Waals surface area contributed by atoms with Crippen LogP contribution in [0.3, 0.4) is 0 Å².